The fraction of sp³-hybridized carbons (Fsp3) is 0.643. The van der Waals surface area contributed by atoms with Gasteiger partial charge in [-0.2, -0.15) is 0 Å². The summed E-state index contributed by atoms with van der Waals surface area (Å²) in [6.45, 7) is 12.7. The highest BCUT2D eigenvalue weighted by Crippen LogP contribution is 2.32. The summed E-state index contributed by atoms with van der Waals surface area (Å²) in [4.78, 5) is 87.0. The van der Waals surface area contributed by atoms with Crippen molar-refractivity contribution in [3.63, 3.8) is 0 Å². The number of hydrogen-bond donors (Lipinski definition) is 4. The predicted molar refractivity (Wildman–Crippen MR) is 219 cm³/mol. The van der Waals surface area contributed by atoms with E-state index in [-0.39, 0.29) is 61.2 Å². The van der Waals surface area contributed by atoms with Crippen LogP contribution in [0.5, 0.6) is 5.75 Å². The fourth-order valence-corrected chi connectivity index (χ4v) is 7.91. The van der Waals surface area contributed by atoms with Crippen LogP contribution in [-0.4, -0.2) is 105 Å². The van der Waals surface area contributed by atoms with Gasteiger partial charge in [0.15, 0.2) is 12.8 Å². The number of carbonyl (C=O) groups is 6. The summed E-state index contributed by atoms with van der Waals surface area (Å²) in [7, 11) is 1.90. The average molecular weight is 830 g/mol. The third kappa shape index (κ3) is 14.4. The summed E-state index contributed by atoms with van der Waals surface area (Å²) in [6.07, 6.45) is 3.31. The number of likely N-dealkylation sites (tertiary alicyclic amines) is 1. The van der Waals surface area contributed by atoms with Crippen molar-refractivity contribution in [1.29, 1.82) is 0 Å². The number of nitrogens with one attached hydrogen (secondary N) is 2. The molecule has 1 aromatic carbocycles. The van der Waals surface area contributed by atoms with E-state index in [2.05, 4.69) is 15.6 Å². The molecule has 0 spiro atoms. The highest BCUT2D eigenvalue weighted by molar-refractivity contribution is 7.09. The monoisotopic (exact) mass is 829 g/mol. The first kappa shape index (κ1) is 47.8. The van der Waals surface area contributed by atoms with Crippen LogP contribution in [-0.2, 0) is 39.9 Å². The number of phenolic OH excluding ortho intramolecular Hbond substituents is 1. The van der Waals surface area contributed by atoms with Gasteiger partial charge in [0.25, 0.3) is 5.91 Å². The zero-order valence-electron chi connectivity index (χ0n) is 35.2. The lowest BCUT2D eigenvalue weighted by atomic mass is 9.92. The molecule has 0 saturated carbocycles. The molecule has 0 radical (unpaired) electrons. The van der Waals surface area contributed by atoms with Gasteiger partial charge in [0, 0.05) is 37.2 Å². The van der Waals surface area contributed by atoms with Gasteiger partial charge >= 0.3 is 17.9 Å². The van der Waals surface area contributed by atoms with Crippen molar-refractivity contribution in [2.75, 3.05) is 20.3 Å². The van der Waals surface area contributed by atoms with E-state index in [1.807, 2.05) is 46.6 Å². The van der Waals surface area contributed by atoms with Crippen molar-refractivity contribution in [1.82, 2.24) is 25.4 Å². The van der Waals surface area contributed by atoms with E-state index in [1.165, 1.54) is 29.3 Å². The first-order valence-electron chi connectivity index (χ1n) is 20.4. The lowest BCUT2D eigenvalue weighted by Gasteiger charge is -2.39. The minimum absolute atomic E-state index is 0.0330. The van der Waals surface area contributed by atoms with Crippen molar-refractivity contribution < 1.29 is 48.5 Å². The van der Waals surface area contributed by atoms with Gasteiger partial charge < -0.3 is 35.2 Å². The molecule has 1 fully saturated rings. The Kier molecular flexibility index (Phi) is 19.1. The number of carbonyl (C=O) groups excluding carboxylic acids is 5. The van der Waals surface area contributed by atoms with Crippen LogP contribution >= 0.6 is 11.3 Å². The number of nitrogens with zero attached hydrogens (tertiary/aromatic N) is 3. The highest BCUT2D eigenvalue weighted by Gasteiger charge is 2.39. The Morgan fingerprint density at radius 3 is 2.29 bits per heavy atom. The van der Waals surface area contributed by atoms with E-state index in [9.17, 15) is 39.0 Å². The summed E-state index contributed by atoms with van der Waals surface area (Å²) >= 11 is 1.10. The molecule has 16 heteroatoms. The Hall–Kier alpha value is -4.57. The first-order valence-corrected chi connectivity index (χ1v) is 21.2. The number of rotatable bonds is 22. The Morgan fingerprint density at radius 2 is 1.71 bits per heavy atom. The van der Waals surface area contributed by atoms with Gasteiger partial charge in [-0.05, 0) is 75.2 Å². The van der Waals surface area contributed by atoms with Gasteiger partial charge in [-0.3, -0.25) is 33.7 Å². The molecular formula is C42H63N5O10S. The molecule has 58 heavy (non-hydrogen) atoms. The third-order valence-electron chi connectivity index (χ3n) is 10.7. The van der Waals surface area contributed by atoms with Gasteiger partial charge in [-0.25, -0.2) is 4.98 Å². The number of benzene rings is 1. The predicted octanol–water partition coefficient (Wildman–Crippen LogP) is 5.46. The number of aromatic hydroxyl groups is 1. The maximum Gasteiger partial charge on any atom is 0.307 e. The van der Waals surface area contributed by atoms with E-state index in [0.717, 1.165) is 36.3 Å². The molecule has 1 aromatic heterocycles. The zero-order valence-corrected chi connectivity index (χ0v) is 36.0. The molecule has 1 saturated heterocycles. The Labute approximate surface area is 346 Å². The number of hydrogen-bond acceptors (Lipinski definition) is 12. The van der Waals surface area contributed by atoms with Crippen molar-refractivity contribution in [2.45, 2.75) is 137 Å². The van der Waals surface area contributed by atoms with Crippen molar-refractivity contribution >= 4 is 47.0 Å². The Morgan fingerprint density at radius 1 is 1.02 bits per heavy atom. The normalized spacial score (nSPS) is 17.6. The zero-order chi connectivity index (χ0) is 43.1. The molecule has 4 N–H and O–H groups in total. The molecule has 322 valence electrons. The summed E-state index contributed by atoms with van der Waals surface area (Å²) in [5.41, 5.74) is 0.816. The number of carboxylic acid groups (broad SMARTS) is 1. The summed E-state index contributed by atoms with van der Waals surface area (Å²) in [5, 5.41) is 27.1. The van der Waals surface area contributed by atoms with E-state index in [0.29, 0.717) is 30.7 Å². The number of aliphatic carboxylic acids is 1. The van der Waals surface area contributed by atoms with Crippen LogP contribution in [0.4, 0.5) is 0 Å². The number of aromatic nitrogens is 1. The molecule has 1 aliphatic rings. The van der Waals surface area contributed by atoms with Crippen LogP contribution in [0.3, 0.4) is 0 Å². The average Bonchev–Trinajstić information content (AvgIpc) is 3.67. The van der Waals surface area contributed by atoms with Gasteiger partial charge in [0.1, 0.15) is 22.5 Å². The number of thiazole rings is 1. The minimum atomic E-state index is -1.01. The number of likely N-dealkylation sites (N-methyl/N-ethyl adjacent to an activating group) is 1. The molecule has 0 aliphatic carbocycles. The topological polar surface area (TPSA) is 205 Å². The van der Waals surface area contributed by atoms with Crippen LogP contribution < -0.4 is 10.6 Å². The van der Waals surface area contributed by atoms with Crippen molar-refractivity contribution in [3.05, 3.63) is 45.9 Å². The molecular weight excluding hydrogens is 767 g/mol. The molecule has 3 amide bonds. The molecule has 2 aromatic rings. The quantitative estimate of drug-likeness (QED) is 0.0863. The first-order chi connectivity index (χ1) is 27.4. The number of carboxylic acids is 1. The van der Waals surface area contributed by atoms with Crippen LogP contribution in [0.15, 0.2) is 29.6 Å². The van der Waals surface area contributed by atoms with E-state index < -0.39 is 59.9 Å². The molecule has 7 atom stereocenters. The van der Waals surface area contributed by atoms with Crippen LogP contribution in [0.2, 0.25) is 0 Å². The second-order valence-electron chi connectivity index (χ2n) is 15.8. The minimum Gasteiger partial charge on any atom is -0.508 e. The number of esters is 2. The van der Waals surface area contributed by atoms with Gasteiger partial charge in [0.05, 0.1) is 12.0 Å². The van der Waals surface area contributed by atoms with Crippen LogP contribution in [0.25, 0.3) is 0 Å². The number of phenols is 1. The summed E-state index contributed by atoms with van der Waals surface area (Å²) in [6, 6.07) is 3.85. The van der Waals surface area contributed by atoms with E-state index in [1.54, 1.807) is 19.1 Å². The second kappa shape index (κ2) is 23.1. The molecule has 1 aliphatic heterocycles. The highest BCUT2D eigenvalue weighted by atomic mass is 32.1. The van der Waals surface area contributed by atoms with Crippen molar-refractivity contribution in [2.24, 2.45) is 17.8 Å². The largest absolute Gasteiger partial charge is 0.508 e. The summed E-state index contributed by atoms with van der Waals surface area (Å²) < 4.78 is 11.5. The second-order valence-corrected chi connectivity index (χ2v) is 16.7. The molecule has 1 unspecified atom stereocenters. The number of ether oxygens (including phenoxy) is 2. The SMILES string of the molecule is CCCC(=O)OCN(C(=O)[C@@H](NC(=O)[C@H]1CCCCN1C)C(C)CC)[C@H](C[C@@H](OC(C)=O)c1nc(C(=O)N[C@H](Cc2ccc(O)cc2)C[C@H](C)C(=O)O)cs1)C(C)C. The number of amides is 3. The lowest BCUT2D eigenvalue weighted by molar-refractivity contribution is -0.160. The van der Waals surface area contributed by atoms with Gasteiger partial charge in [0.2, 0.25) is 11.8 Å². The van der Waals surface area contributed by atoms with Crippen molar-refractivity contribution in [3.8, 4) is 5.75 Å². The maximum atomic E-state index is 14.7. The third-order valence-corrected chi connectivity index (χ3v) is 11.7. The molecule has 3 rings (SSSR count). The smallest absolute Gasteiger partial charge is 0.307 e. The number of piperidine rings is 1. The summed E-state index contributed by atoms with van der Waals surface area (Å²) in [5.74, 6) is -4.54. The van der Waals surface area contributed by atoms with E-state index >= 15 is 0 Å². The molecule has 2 heterocycles. The Bertz CT molecular complexity index is 1680. The Balaban J connectivity index is 1.95. The lowest BCUT2D eigenvalue weighted by Crippen LogP contribution is -2.59. The standard InChI is InChI=1S/C42H63N5O10S/c1-9-13-36(50)56-24-47(41(53)37(26(5)10-2)45-39(52)33-14-11-12-19-46(33)8)34(25(3)4)22-35(57-28(7)48)40-44-32(23-58-40)38(51)43-30(20-27(6)42(54)55)21-29-15-17-31(49)18-16-29/h15-18,23,25-27,30,33-35,37,49H,9-14,19-22,24H2,1-8H3,(H,43,51)(H,45,52)(H,54,55)/t26?,27-,30-,33+,34+,35+,37-/m0/s1. The van der Waals surface area contributed by atoms with Gasteiger partial charge in [-0.1, -0.05) is 66.5 Å². The van der Waals surface area contributed by atoms with Crippen LogP contribution in [0.1, 0.15) is 127 Å². The van der Waals surface area contributed by atoms with E-state index in [4.69, 9.17) is 9.47 Å². The van der Waals surface area contributed by atoms with Gasteiger partial charge in [-0.15, -0.1) is 11.3 Å². The maximum absolute atomic E-state index is 14.7. The molecule has 0 bridgehead atoms. The van der Waals surface area contributed by atoms with Crippen LogP contribution in [0, 0.1) is 17.8 Å². The fourth-order valence-electron chi connectivity index (χ4n) is 7.07. The molecule has 15 nitrogen and oxygen atoms in total.